The highest BCUT2D eigenvalue weighted by Gasteiger charge is 2.08. The molecule has 0 aliphatic carbocycles. The fourth-order valence-electron chi connectivity index (χ4n) is 2.64. The molecule has 0 aromatic heterocycles. The molecule has 0 amide bonds. The van der Waals surface area contributed by atoms with E-state index in [9.17, 15) is 0 Å². The molecule has 142 valence electrons. The normalized spacial score (nSPS) is 10.8. The number of methoxy groups -OCH3 is 1. The minimum atomic E-state index is 0.362. The third kappa shape index (κ3) is 6.71. The van der Waals surface area contributed by atoms with Crippen LogP contribution < -0.4 is 14.8 Å². The molecule has 2 rings (SSSR count). The molecule has 2 aromatic rings. The Kier molecular flexibility index (Phi) is 9.10. The monoisotopic (exact) mass is 395 g/mol. The van der Waals surface area contributed by atoms with Crippen molar-refractivity contribution >= 4 is 23.2 Å². The summed E-state index contributed by atoms with van der Waals surface area (Å²) in [6, 6.07) is 11.4. The van der Waals surface area contributed by atoms with E-state index in [4.69, 9.17) is 32.7 Å². The van der Waals surface area contributed by atoms with E-state index < -0.39 is 0 Å². The molecular formula is C21H27Cl2NO2. The lowest BCUT2D eigenvalue weighted by Crippen LogP contribution is -2.14. The Labute approximate surface area is 166 Å². The van der Waals surface area contributed by atoms with Crippen molar-refractivity contribution in [1.82, 2.24) is 5.32 Å². The lowest BCUT2D eigenvalue weighted by atomic mass is 10.2. The molecule has 0 bridgehead atoms. The number of benzene rings is 2. The van der Waals surface area contributed by atoms with Gasteiger partial charge in [0.25, 0.3) is 0 Å². The Morgan fingerprint density at radius 1 is 0.962 bits per heavy atom. The molecule has 0 heterocycles. The number of hydrogen-bond donors (Lipinski definition) is 1. The maximum atomic E-state index is 6.19. The van der Waals surface area contributed by atoms with Gasteiger partial charge in [0.05, 0.1) is 7.11 Å². The summed E-state index contributed by atoms with van der Waals surface area (Å²) in [5.74, 6) is 1.42. The zero-order chi connectivity index (χ0) is 18.8. The first kappa shape index (κ1) is 20.9. The van der Waals surface area contributed by atoms with E-state index in [0.29, 0.717) is 22.4 Å². The number of ether oxygens (including phenoxy) is 2. The summed E-state index contributed by atoms with van der Waals surface area (Å²) in [4.78, 5) is 0. The van der Waals surface area contributed by atoms with Crippen molar-refractivity contribution in [2.24, 2.45) is 0 Å². The van der Waals surface area contributed by atoms with Crippen LogP contribution in [0.2, 0.25) is 10.0 Å². The fourth-order valence-corrected chi connectivity index (χ4v) is 3.11. The Morgan fingerprint density at radius 3 is 2.54 bits per heavy atom. The molecule has 1 N–H and O–H groups in total. The van der Waals surface area contributed by atoms with E-state index in [-0.39, 0.29) is 0 Å². The fraction of sp³-hybridized carbons (Fsp3) is 0.429. The van der Waals surface area contributed by atoms with E-state index in [2.05, 4.69) is 18.3 Å². The first-order valence-electron chi connectivity index (χ1n) is 9.08. The molecule has 5 heteroatoms. The lowest BCUT2D eigenvalue weighted by Gasteiger charge is -2.13. The van der Waals surface area contributed by atoms with Gasteiger partial charge in [-0.25, -0.2) is 0 Å². The van der Waals surface area contributed by atoms with Crippen molar-refractivity contribution in [2.45, 2.75) is 45.8 Å². The second kappa shape index (κ2) is 11.3. The minimum Gasteiger partial charge on any atom is -0.493 e. The Hall–Kier alpha value is -1.42. The molecule has 0 spiro atoms. The van der Waals surface area contributed by atoms with Gasteiger partial charge in [-0.1, -0.05) is 61.5 Å². The molecule has 0 saturated heterocycles. The molecule has 2 aromatic carbocycles. The zero-order valence-electron chi connectivity index (χ0n) is 15.5. The van der Waals surface area contributed by atoms with Crippen molar-refractivity contribution in [3.05, 3.63) is 57.6 Å². The van der Waals surface area contributed by atoms with Crippen molar-refractivity contribution < 1.29 is 9.47 Å². The highest BCUT2D eigenvalue weighted by molar-refractivity contribution is 6.35. The average molecular weight is 396 g/mol. The van der Waals surface area contributed by atoms with Gasteiger partial charge in [-0.05, 0) is 42.8 Å². The van der Waals surface area contributed by atoms with Crippen LogP contribution in [0.4, 0.5) is 0 Å². The van der Waals surface area contributed by atoms with Gasteiger partial charge in [0, 0.05) is 22.2 Å². The van der Waals surface area contributed by atoms with Gasteiger partial charge in [-0.15, -0.1) is 0 Å². The topological polar surface area (TPSA) is 30.5 Å². The molecule has 26 heavy (non-hydrogen) atoms. The quantitative estimate of drug-likeness (QED) is 0.456. The first-order valence-corrected chi connectivity index (χ1v) is 9.84. The predicted molar refractivity (Wildman–Crippen MR) is 110 cm³/mol. The van der Waals surface area contributed by atoms with Crippen molar-refractivity contribution in [3.63, 3.8) is 0 Å². The Balaban J connectivity index is 1.89. The summed E-state index contributed by atoms with van der Waals surface area (Å²) < 4.78 is 11.4. The summed E-state index contributed by atoms with van der Waals surface area (Å²) in [6.45, 7) is 4.45. The number of nitrogens with one attached hydrogen (secondary N) is 1. The van der Waals surface area contributed by atoms with E-state index in [1.165, 1.54) is 31.2 Å². The molecule has 0 radical (unpaired) electrons. The lowest BCUT2D eigenvalue weighted by molar-refractivity contribution is 0.284. The summed E-state index contributed by atoms with van der Waals surface area (Å²) in [7, 11) is 1.65. The first-order chi connectivity index (χ1) is 12.6. The molecule has 0 aliphatic rings. The molecular weight excluding hydrogens is 369 g/mol. The van der Waals surface area contributed by atoms with E-state index >= 15 is 0 Å². The van der Waals surface area contributed by atoms with Gasteiger partial charge in [-0.3, -0.25) is 0 Å². The number of unbranched alkanes of at least 4 members (excludes halogenated alkanes) is 3. The van der Waals surface area contributed by atoms with Crippen molar-refractivity contribution in [1.29, 1.82) is 0 Å². The molecule has 0 unspecified atom stereocenters. The molecule has 0 fully saturated rings. The van der Waals surface area contributed by atoms with Crippen LogP contribution in [0.3, 0.4) is 0 Å². The number of hydrogen-bond acceptors (Lipinski definition) is 3. The smallest absolute Gasteiger partial charge is 0.161 e. The maximum Gasteiger partial charge on any atom is 0.161 e. The Morgan fingerprint density at radius 2 is 1.81 bits per heavy atom. The molecule has 0 aliphatic heterocycles. The minimum absolute atomic E-state index is 0.362. The standard InChI is InChI=1S/C21H27Cl2NO2/c1-3-4-5-6-11-24-14-16-7-10-20(21(12-16)25-2)26-15-17-8-9-18(22)13-19(17)23/h7-10,12-13,24H,3-6,11,14-15H2,1-2H3. The van der Waals surface area contributed by atoms with Gasteiger partial charge >= 0.3 is 0 Å². The van der Waals surface area contributed by atoms with Crippen LogP contribution in [0.1, 0.15) is 43.7 Å². The van der Waals surface area contributed by atoms with Crippen LogP contribution in [0.5, 0.6) is 11.5 Å². The zero-order valence-corrected chi connectivity index (χ0v) is 17.0. The van der Waals surface area contributed by atoms with Crippen LogP contribution in [-0.2, 0) is 13.2 Å². The summed E-state index contributed by atoms with van der Waals surface area (Å²) >= 11 is 12.1. The SMILES string of the molecule is CCCCCCNCc1ccc(OCc2ccc(Cl)cc2Cl)c(OC)c1. The van der Waals surface area contributed by atoms with Gasteiger partial charge in [0.15, 0.2) is 11.5 Å². The van der Waals surface area contributed by atoms with Crippen LogP contribution in [0.15, 0.2) is 36.4 Å². The van der Waals surface area contributed by atoms with Crippen LogP contribution >= 0.6 is 23.2 Å². The highest BCUT2D eigenvalue weighted by Crippen LogP contribution is 2.30. The van der Waals surface area contributed by atoms with Crippen molar-refractivity contribution in [3.8, 4) is 11.5 Å². The van der Waals surface area contributed by atoms with Gasteiger partial charge < -0.3 is 14.8 Å². The molecule has 3 nitrogen and oxygen atoms in total. The Bertz CT molecular complexity index is 692. The summed E-state index contributed by atoms with van der Waals surface area (Å²) in [6.07, 6.45) is 5.07. The van der Waals surface area contributed by atoms with E-state index in [1.54, 1.807) is 19.2 Å². The highest BCUT2D eigenvalue weighted by atomic mass is 35.5. The van der Waals surface area contributed by atoms with E-state index in [0.717, 1.165) is 24.4 Å². The van der Waals surface area contributed by atoms with Crippen LogP contribution in [0, 0.1) is 0 Å². The number of rotatable bonds is 11. The second-order valence-electron chi connectivity index (χ2n) is 6.25. The van der Waals surface area contributed by atoms with Gasteiger partial charge in [0.1, 0.15) is 6.61 Å². The predicted octanol–water partition coefficient (Wildman–Crippen LogP) is 6.25. The molecule has 0 atom stereocenters. The van der Waals surface area contributed by atoms with Crippen molar-refractivity contribution in [2.75, 3.05) is 13.7 Å². The third-order valence-electron chi connectivity index (χ3n) is 4.16. The third-order valence-corrected chi connectivity index (χ3v) is 4.75. The van der Waals surface area contributed by atoms with Gasteiger partial charge in [0.2, 0.25) is 0 Å². The largest absolute Gasteiger partial charge is 0.493 e. The van der Waals surface area contributed by atoms with Crippen LogP contribution in [-0.4, -0.2) is 13.7 Å². The second-order valence-corrected chi connectivity index (χ2v) is 7.09. The van der Waals surface area contributed by atoms with E-state index in [1.807, 2.05) is 18.2 Å². The maximum absolute atomic E-state index is 6.19. The van der Waals surface area contributed by atoms with Gasteiger partial charge in [-0.2, -0.15) is 0 Å². The molecule has 0 saturated carbocycles. The average Bonchev–Trinajstić information content (AvgIpc) is 2.64. The summed E-state index contributed by atoms with van der Waals surface area (Å²) in [5.41, 5.74) is 2.06. The van der Waals surface area contributed by atoms with Crippen LogP contribution in [0.25, 0.3) is 0 Å². The number of halogens is 2. The summed E-state index contributed by atoms with van der Waals surface area (Å²) in [5, 5.41) is 4.69.